The van der Waals surface area contributed by atoms with Gasteiger partial charge in [0.1, 0.15) is 0 Å². The maximum atomic E-state index is 7.75. The zero-order valence-electron chi connectivity index (χ0n) is 23.0. The van der Waals surface area contributed by atoms with E-state index < -0.39 is 6.69 Å². The van der Waals surface area contributed by atoms with E-state index in [0.29, 0.717) is 35.5 Å². The van der Waals surface area contributed by atoms with Crippen molar-refractivity contribution in [3.8, 4) is 0 Å². The van der Waals surface area contributed by atoms with Crippen molar-refractivity contribution >= 4 is 39.2 Å². The third-order valence-electron chi connectivity index (χ3n) is 6.89. The topological polar surface area (TPSA) is 0 Å². The van der Waals surface area contributed by atoms with E-state index in [2.05, 4.69) is 107 Å². The summed E-state index contributed by atoms with van der Waals surface area (Å²) in [6, 6.07) is 9.54. The van der Waals surface area contributed by atoms with Crippen molar-refractivity contribution in [2.75, 3.05) is 0 Å². The van der Waals surface area contributed by atoms with Gasteiger partial charge in [0, 0.05) is 0 Å². The largest absolute Gasteiger partial charge is 0.311 e. The van der Waals surface area contributed by atoms with Crippen molar-refractivity contribution in [1.29, 1.82) is 0 Å². The number of hydrogen-bond acceptors (Lipinski definition) is 0. The van der Waals surface area contributed by atoms with Gasteiger partial charge in [-0.1, -0.05) is 107 Å². The highest BCUT2D eigenvalue weighted by Crippen LogP contribution is 2.35. The summed E-state index contributed by atoms with van der Waals surface area (Å²) >= 11 is 15.5. The first-order chi connectivity index (χ1) is 15.1. The maximum Gasteiger partial charge on any atom is 0.311 e. The fraction of sp³-hybridized carbons (Fsp3) is 0.600. The molecular weight excluding hydrogens is 459 g/mol. The quantitative estimate of drug-likeness (QED) is 0.248. The number of rotatable bonds is 8. The van der Waals surface area contributed by atoms with E-state index in [9.17, 15) is 0 Å². The lowest BCUT2D eigenvalue weighted by atomic mass is 9.89. The first kappa shape index (κ1) is 28.5. The minimum absolute atomic E-state index is 0.362. The summed E-state index contributed by atoms with van der Waals surface area (Å²) in [6.45, 7) is 24.3. The molecule has 0 spiro atoms. The lowest BCUT2D eigenvalue weighted by Gasteiger charge is -2.34. The van der Waals surface area contributed by atoms with Crippen LogP contribution in [0.1, 0.15) is 152 Å². The molecule has 0 nitrogen and oxygen atoms in total. The van der Waals surface area contributed by atoms with E-state index >= 15 is 0 Å². The van der Waals surface area contributed by atoms with Gasteiger partial charge >= 0.3 is 6.69 Å². The Kier molecular flexibility index (Phi) is 9.39. The third-order valence-corrected chi connectivity index (χ3v) is 11.6. The van der Waals surface area contributed by atoms with Crippen molar-refractivity contribution in [2.45, 2.75) is 119 Å². The van der Waals surface area contributed by atoms with Gasteiger partial charge in [-0.25, -0.2) is 0 Å². The standard InChI is InChI=1S/C30H46Cl2Si/c1-17(2)23-13-25(19(5)6)29(26(14-23)20(7)8)33(31,32)30-27(21(9)10)15-24(18(3)4)16-28(30)22(11)12/h13-22H,1-12H3. The minimum atomic E-state index is -3.06. The molecule has 0 N–H and O–H groups in total. The molecule has 2 aromatic carbocycles. The Bertz CT molecular complexity index is 830. The van der Waals surface area contributed by atoms with Gasteiger partial charge in [-0.05, 0) is 79.3 Å². The molecule has 0 atom stereocenters. The Labute approximate surface area is 214 Å². The molecule has 0 heterocycles. The van der Waals surface area contributed by atoms with Gasteiger partial charge in [-0.2, -0.15) is 0 Å². The Morgan fingerprint density at radius 3 is 0.788 bits per heavy atom. The summed E-state index contributed by atoms with van der Waals surface area (Å²) in [5.74, 6) is 2.39. The molecule has 0 saturated carbocycles. The fourth-order valence-corrected chi connectivity index (χ4v) is 10.5. The predicted molar refractivity (Wildman–Crippen MR) is 154 cm³/mol. The van der Waals surface area contributed by atoms with Crippen LogP contribution in [0.3, 0.4) is 0 Å². The molecule has 0 amide bonds. The smallest absolute Gasteiger partial charge is 0.134 e. The second-order valence-electron chi connectivity index (χ2n) is 11.7. The minimum Gasteiger partial charge on any atom is -0.134 e. The predicted octanol–water partition coefficient (Wildman–Crippen LogP) is 9.46. The van der Waals surface area contributed by atoms with Crippen molar-refractivity contribution in [3.05, 3.63) is 57.6 Å². The molecule has 184 valence electrons. The van der Waals surface area contributed by atoms with Gasteiger partial charge in [-0.3, -0.25) is 0 Å². The molecule has 0 aromatic heterocycles. The first-order valence-corrected chi connectivity index (χ1v) is 16.9. The van der Waals surface area contributed by atoms with Crippen molar-refractivity contribution < 1.29 is 0 Å². The lowest BCUT2D eigenvalue weighted by molar-refractivity contribution is 0.809. The summed E-state index contributed by atoms with van der Waals surface area (Å²) < 4.78 is 0. The van der Waals surface area contributed by atoms with Gasteiger partial charge in [0.2, 0.25) is 0 Å². The number of hydrogen-bond donors (Lipinski definition) is 0. The average molecular weight is 506 g/mol. The van der Waals surface area contributed by atoms with Crippen LogP contribution in [0.4, 0.5) is 0 Å². The molecule has 0 unspecified atom stereocenters. The molecule has 3 heteroatoms. The highest BCUT2D eigenvalue weighted by molar-refractivity contribution is 7.56. The summed E-state index contributed by atoms with van der Waals surface area (Å²) in [7, 11) is 0. The van der Waals surface area contributed by atoms with Gasteiger partial charge in [-0.15, -0.1) is 22.2 Å². The molecule has 0 saturated heterocycles. The molecule has 0 aliphatic heterocycles. The summed E-state index contributed by atoms with van der Waals surface area (Å²) in [6.07, 6.45) is 0. The van der Waals surface area contributed by atoms with Crippen LogP contribution in [-0.2, 0) is 0 Å². The van der Waals surface area contributed by atoms with Gasteiger partial charge in [0.25, 0.3) is 0 Å². The second-order valence-corrected chi connectivity index (χ2v) is 17.8. The SMILES string of the molecule is CC(C)c1cc(C(C)C)c([Si](Cl)(Cl)c2c(C(C)C)cc(C(C)C)cc2C(C)C)c(C(C)C)c1. The van der Waals surface area contributed by atoms with Crippen molar-refractivity contribution in [2.24, 2.45) is 0 Å². The number of halogens is 2. The molecule has 2 rings (SSSR count). The molecule has 2 aromatic rings. The summed E-state index contributed by atoms with van der Waals surface area (Å²) in [4.78, 5) is 0. The van der Waals surface area contributed by atoms with Crippen LogP contribution in [0.5, 0.6) is 0 Å². The van der Waals surface area contributed by atoms with E-state index in [1.54, 1.807) is 0 Å². The van der Waals surface area contributed by atoms with E-state index in [-0.39, 0.29) is 0 Å². The van der Waals surface area contributed by atoms with Crippen molar-refractivity contribution in [1.82, 2.24) is 0 Å². The molecule has 0 fully saturated rings. The monoisotopic (exact) mass is 504 g/mol. The fourth-order valence-electron chi connectivity index (χ4n) is 4.76. The summed E-state index contributed by atoms with van der Waals surface area (Å²) in [5, 5.41) is 2.47. The van der Waals surface area contributed by atoms with Gasteiger partial charge < -0.3 is 0 Å². The summed E-state index contributed by atoms with van der Waals surface area (Å²) in [5.41, 5.74) is 8.09. The maximum absolute atomic E-state index is 7.75. The van der Waals surface area contributed by atoms with Crippen LogP contribution < -0.4 is 10.4 Å². The lowest BCUT2D eigenvalue weighted by Crippen LogP contribution is -2.55. The van der Waals surface area contributed by atoms with Crippen LogP contribution >= 0.6 is 22.2 Å². The molecule has 0 aliphatic carbocycles. The van der Waals surface area contributed by atoms with Crippen LogP contribution in [0, 0.1) is 0 Å². The van der Waals surface area contributed by atoms with Crippen LogP contribution in [0.25, 0.3) is 0 Å². The number of benzene rings is 2. The second kappa shape index (κ2) is 10.9. The van der Waals surface area contributed by atoms with E-state index in [1.165, 1.54) is 43.8 Å². The molecule has 0 aliphatic rings. The Balaban J connectivity index is 3.06. The Morgan fingerprint density at radius 2 is 0.636 bits per heavy atom. The zero-order valence-corrected chi connectivity index (χ0v) is 25.5. The zero-order chi connectivity index (χ0) is 25.4. The van der Waals surface area contributed by atoms with Crippen LogP contribution in [0.2, 0.25) is 0 Å². The highest BCUT2D eigenvalue weighted by Gasteiger charge is 2.43. The molecule has 0 bridgehead atoms. The normalized spacial score (nSPS) is 13.0. The van der Waals surface area contributed by atoms with Gasteiger partial charge in [0.05, 0.1) is 0 Å². The Hall–Kier alpha value is -0.763. The van der Waals surface area contributed by atoms with Gasteiger partial charge in [0.15, 0.2) is 0 Å². The van der Waals surface area contributed by atoms with E-state index in [1.807, 2.05) is 0 Å². The Morgan fingerprint density at radius 1 is 0.424 bits per heavy atom. The molecule has 33 heavy (non-hydrogen) atoms. The first-order valence-electron chi connectivity index (χ1n) is 12.8. The molecule has 0 radical (unpaired) electrons. The van der Waals surface area contributed by atoms with E-state index in [0.717, 1.165) is 0 Å². The van der Waals surface area contributed by atoms with Crippen LogP contribution in [0.15, 0.2) is 24.3 Å². The molecular formula is C30H46Cl2Si. The highest BCUT2D eigenvalue weighted by atomic mass is 35.7. The van der Waals surface area contributed by atoms with Crippen molar-refractivity contribution in [3.63, 3.8) is 0 Å². The average Bonchev–Trinajstić information content (AvgIpc) is 2.71. The third kappa shape index (κ3) is 5.91. The van der Waals surface area contributed by atoms with Crippen LogP contribution in [-0.4, -0.2) is 6.69 Å². The van der Waals surface area contributed by atoms with E-state index in [4.69, 9.17) is 22.2 Å².